The summed E-state index contributed by atoms with van der Waals surface area (Å²) in [6.07, 6.45) is 1.64. The van der Waals surface area contributed by atoms with Gasteiger partial charge in [-0.3, -0.25) is 4.90 Å². The summed E-state index contributed by atoms with van der Waals surface area (Å²) in [5, 5.41) is 10.9. The lowest BCUT2D eigenvalue weighted by molar-refractivity contribution is 0.100. The van der Waals surface area contributed by atoms with Crippen LogP contribution in [0.15, 0.2) is 36.9 Å². The van der Waals surface area contributed by atoms with Gasteiger partial charge >= 0.3 is 0 Å². The largest absolute Gasteiger partial charge is 0.387 e. The van der Waals surface area contributed by atoms with E-state index < -0.39 is 15.9 Å². The van der Waals surface area contributed by atoms with Crippen LogP contribution in [0.1, 0.15) is 18.1 Å². The highest BCUT2D eigenvalue weighted by Gasteiger charge is 2.32. The van der Waals surface area contributed by atoms with Crippen LogP contribution in [0.5, 0.6) is 0 Å². The van der Waals surface area contributed by atoms with Gasteiger partial charge in [0, 0.05) is 24.2 Å². The zero-order chi connectivity index (χ0) is 15.5. The summed E-state index contributed by atoms with van der Waals surface area (Å²) < 4.78 is 23.2. The third-order valence-corrected chi connectivity index (χ3v) is 5.71. The maximum Gasteiger partial charge on any atom is 0.151 e. The van der Waals surface area contributed by atoms with Crippen molar-refractivity contribution >= 4 is 21.4 Å². The van der Waals surface area contributed by atoms with Crippen LogP contribution in [-0.4, -0.2) is 49.1 Å². The Balaban J connectivity index is 2.07. The van der Waals surface area contributed by atoms with Gasteiger partial charge in [-0.05, 0) is 24.1 Å². The minimum absolute atomic E-state index is 0.0539. The molecule has 0 aromatic heterocycles. The van der Waals surface area contributed by atoms with Crippen LogP contribution in [0.25, 0.3) is 0 Å². The molecule has 1 aromatic rings. The Labute approximate surface area is 131 Å². The van der Waals surface area contributed by atoms with Crippen molar-refractivity contribution in [2.45, 2.75) is 18.6 Å². The summed E-state index contributed by atoms with van der Waals surface area (Å²) in [5.74, 6) is 0.377. The number of hydrogen-bond acceptors (Lipinski definition) is 4. The van der Waals surface area contributed by atoms with E-state index in [9.17, 15) is 13.5 Å². The molecule has 1 aliphatic rings. The molecule has 0 saturated carbocycles. The standard InChI is InChI=1S/C15H20ClNO3S/c1-2-7-17(14-6-8-21(19,20)11-14)10-15(18)12-4-3-5-13(16)9-12/h2-5,9,14-15,18H,1,6-8,10-11H2. The second kappa shape index (κ2) is 6.92. The molecule has 0 radical (unpaired) electrons. The van der Waals surface area contributed by atoms with Gasteiger partial charge in [-0.15, -0.1) is 6.58 Å². The predicted molar refractivity (Wildman–Crippen MR) is 85.2 cm³/mol. The lowest BCUT2D eigenvalue weighted by Gasteiger charge is -2.29. The number of sulfone groups is 1. The van der Waals surface area contributed by atoms with Crippen LogP contribution >= 0.6 is 11.6 Å². The molecule has 2 unspecified atom stereocenters. The van der Waals surface area contributed by atoms with E-state index in [1.165, 1.54) is 0 Å². The van der Waals surface area contributed by atoms with Crippen LogP contribution in [0.4, 0.5) is 0 Å². The first-order valence-electron chi connectivity index (χ1n) is 6.90. The lowest BCUT2D eigenvalue weighted by atomic mass is 10.1. The Morgan fingerprint density at radius 3 is 2.86 bits per heavy atom. The molecule has 1 N–H and O–H groups in total. The SMILES string of the molecule is C=CCN(CC(O)c1cccc(Cl)c1)C1CCS(=O)(=O)C1. The van der Waals surface area contributed by atoms with Gasteiger partial charge in [-0.2, -0.15) is 0 Å². The molecular weight excluding hydrogens is 310 g/mol. The second-order valence-electron chi connectivity index (χ2n) is 5.37. The predicted octanol–water partition coefficient (Wildman–Crippen LogP) is 2.05. The van der Waals surface area contributed by atoms with E-state index in [0.717, 1.165) is 5.56 Å². The topological polar surface area (TPSA) is 57.6 Å². The zero-order valence-corrected chi connectivity index (χ0v) is 13.4. The van der Waals surface area contributed by atoms with E-state index in [-0.39, 0.29) is 17.5 Å². The van der Waals surface area contributed by atoms with Gasteiger partial charge in [0.2, 0.25) is 0 Å². The van der Waals surface area contributed by atoms with E-state index in [4.69, 9.17) is 11.6 Å². The average Bonchev–Trinajstić information content (AvgIpc) is 2.78. The molecule has 2 rings (SSSR count). The third-order valence-electron chi connectivity index (χ3n) is 3.73. The maximum absolute atomic E-state index is 11.6. The number of benzene rings is 1. The van der Waals surface area contributed by atoms with E-state index in [1.807, 2.05) is 11.0 Å². The number of aliphatic hydroxyl groups is 1. The maximum atomic E-state index is 11.6. The molecule has 2 atom stereocenters. The number of rotatable bonds is 6. The summed E-state index contributed by atoms with van der Waals surface area (Å²) in [6, 6.07) is 7.03. The fourth-order valence-corrected chi connectivity index (χ4v) is 4.60. The van der Waals surface area contributed by atoms with Gasteiger partial charge in [-0.25, -0.2) is 8.42 Å². The molecule has 0 aliphatic carbocycles. The Morgan fingerprint density at radius 1 is 1.52 bits per heavy atom. The van der Waals surface area contributed by atoms with Crippen LogP contribution in [0.2, 0.25) is 5.02 Å². The molecule has 0 bridgehead atoms. The van der Waals surface area contributed by atoms with Crippen molar-refractivity contribution in [3.63, 3.8) is 0 Å². The molecular formula is C15H20ClNO3S. The highest BCUT2D eigenvalue weighted by atomic mass is 35.5. The highest BCUT2D eigenvalue weighted by molar-refractivity contribution is 7.91. The molecule has 21 heavy (non-hydrogen) atoms. The van der Waals surface area contributed by atoms with Crippen LogP contribution in [0.3, 0.4) is 0 Å². The van der Waals surface area contributed by atoms with Crippen molar-refractivity contribution in [2.24, 2.45) is 0 Å². The van der Waals surface area contributed by atoms with Gasteiger partial charge in [0.1, 0.15) is 0 Å². The highest BCUT2D eigenvalue weighted by Crippen LogP contribution is 2.23. The lowest BCUT2D eigenvalue weighted by Crippen LogP contribution is -2.39. The van der Waals surface area contributed by atoms with Crippen LogP contribution in [-0.2, 0) is 9.84 Å². The summed E-state index contributed by atoms with van der Waals surface area (Å²) in [4.78, 5) is 1.98. The van der Waals surface area contributed by atoms with Gasteiger partial charge < -0.3 is 5.11 Å². The smallest absolute Gasteiger partial charge is 0.151 e. The third kappa shape index (κ3) is 4.54. The molecule has 1 heterocycles. The molecule has 6 heteroatoms. The van der Waals surface area contributed by atoms with Gasteiger partial charge in [0.15, 0.2) is 9.84 Å². The molecule has 4 nitrogen and oxygen atoms in total. The first-order chi connectivity index (χ1) is 9.91. The summed E-state index contributed by atoms with van der Waals surface area (Å²) in [7, 11) is -2.94. The Bertz CT molecular complexity index is 603. The van der Waals surface area contributed by atoms with E-state index in [2.05, 4.69) is 6.58 Å². The fourth-order valence-electron chi connectivity index (χ4n) is 2.64. The molecule has 1 aromatic carbocycles. The second-order valence-corrected chi connectivity index (χ2v) is 8.04. The Hall–Kier alpha value is -0.880. The van der Waals surface area contributed by atoms with E-state index in [1.54, 1.807) is 24.3 Å². The van der Waals surface area contributed by atoms with Crippen LogP contribution < -0.4 is 0 Å². The Kier molecular flexibility index (Phi) is 5.43. The van der Waals surface area contributed by atoms with E-state index >= 15 is 0 Å². The summed E-state index contributed by atoms with van der Waals surface area (Å²) >= 11 is 5.93. The normalized spacial score (nSPS) is 22.3. The van der Waals surface area contributed by atoms with Crippen molar-refractivity contribution in [3.8, 4) is 0 Å². The minimum Gasteiger partial charge on any atom is -0.387 e. The molecule has 0 spiro atoms. The van der Waals surface area contributed by atoms with Crippen LogP contribution in [0, 0.1) is 0 Å². The minimum atomic E-state index is -2.94. The zero-order valence-electron chi connectivity index (χ0n) is 11.8. The fraction of sp³-hybridized carbons (Fsp3) is 0.467. The molecule has 116 valence electrons. The van der Waals surface area contributed by atoms with Crippen molar-refractivity contribution in [2.75, 3.05) is 24.6 Å². The molecule has 0 amide bonds. The first-order valence-corrected chi connectivity index (χ1v) is 9.10. The number of nitrogens with zero attached hydrogens (tertiary/aromatic N) is 1. The summed E-state index contributed by atoms with van der Waals surface area (Å²) in [5.41, 5.74) is 0.734. The Morgan fingerprint density at radius 2 is 2.29 bits per heavy atom. The van der Waals surface area contributed by atoms with Gasteiger partial charge in [-0.1, -0.05) is 29.8 Å². The molecule has 1 saturated heterocycles. The van der Waals surface area contributed by atoms with Crippen molar-refractivity contribution in [3.05, 3.63) is 47.5 Å². The number of hydrogen-bond donors (Lipinski definition) is 1. The molecule has 1 fully saturated rings. The molecule has 1 aliphatic heterocycles. The van der Waals surface area contributed by atoms with Crippen molar-refractivity contribution in [1.82, 2.24) is 4.90 Å². The van der Waals surface area contributed by atoms with Gasteiger partial charge in [0.05, 0.1) is 17.6 Å². The summed E-state index contributed by atoms with van der Waals surface area (Å²) in [6.45, 7) is 4.63. The first kappa shape index (κ1) is 16.5. The average molecular weight is 330 g/mol. The van der Waals surface area contributed by atoms with Crippen molar-refractivity contribution in [1.29, 1.82) is 0 Å². The quantitative estimate of drug-likeness (QED) is 0.812. The number of halogens is 1. The van der Waals surface area contributed by atoms with Gasteiger partial charge in [0.25, 0.3) is 0 Å². The van der Waals surface area contributed by atoms with E-state index in [0.29, 0.717) is 24.5 Å². The van der Waals surface area contributed by atoms with Crippen molar-refractivity contribution < 1.29 is 13.5 Å². The monoisotopic (exact) mass is 329 g/mol. The number of aliphatic hydroxyl groups excluding tert-OH is 1.